The number of nitrogens with one attached hydrogen (secondary N) is 3. The summed E-state index contributed by atoms with van der Waals surface area (Å²) in [5.41, 5.74) is 6.83. The van der Waals surface area contributed by atoms with Gasteiger partial charge in [0.25, 0.3) is 0 Å². The molecule has 0 saturated carbocycles. The molecule has 1 aromatic rings. The maximum absolute atomic E-state index is 10.7. The summed E-state index contributed by atoms with van der Waals surface area (Å²) in [5, 5.41) is 9.21. The highest BCUT2D eigenvalue weighted by Crippen LogP contribution is 2.14. The first-order valence-electron chi connectivity index (χ1n) is 6.02. The molecule has 100 valence electrons. The van der Waals surface area contributed by atoms with Gasteiger partial charge in [-0.2, -0.15) is 0 Å². The molecule has 0 aromatic heterocycles. The lowest BCUT2D eigenvalue weighted by Crippen LogP contribution is -2.38. The van der Waals surface area contributed by atoms with Crippen LogP contribution in [0, 0.1) is 0 Å². The Morgan fingerprint density at radius 3 is 2.50 bits per heavy atom. The minimum Gasteiger partial charge on any atom is -0.384 e. The molecule has 1 rings (SSSR count). The summed E-state index contributed by atoms with van der Waals surface area (Å²) in [6.45, 7) is 8.08. The number of amides is 2. The van der Waals surface area contributed by atoms with Crippen LogP contribution in [0.25, 0.3) is 0 Å². The molecule has 0 saturated heterocycles. The first-order valence-corrected chi connectivity index (χ1v) is 6.02. The van der Waals surface area contributed by atoms with Crippen molar-refractivity contribution in [3.63, 3.8) is 0 Å². The van der Waals surface area contributed by atoms with Gasteiger partial charge in [-0.05, 0) is 39.0 Å². The zero-order valence-electron chi connectivity index (χ0n) is 11.2. The summed E-state index contributed by atoms with van der Waals surface area (Å²) in [6.07, 6.45) is 0. The summed E-state index contributed by atoms with van der Waals surface area (Å²) in [4.78, 5) is 10.7. The fourth-order valence-corrected chi connectivity index (χ4v) is 1.49. The van der Waals surface area contributed by atoms with Crippen LogP contribution < -0.4 is 21.7 Å². The zero-order chi connectivity index (χ0) is 13.6. The van der Waals surface area contributed by atoms with E-state index in [-0.39, 0.29) is 5.54 Å². The van der Waals surface area contributed by atoms with Crippen molar-refractivity contribution in [3.8, 4) is 0 Å². The Kier molecular flexibility index (Phi) is 4.97. The molecule has 0 radical (unpaired) electrons. The number of benzene rings is 1. The predicted octanol–water partition coefficient (Wildman–Crippen LogP) is 1.98. The molecule has 2 amide bonds. The summed E-state index contributed by atoms with van der Waals surface area (Å²) >= 11 is 0. The zero-order valence-corrected chi connectivity index (χ0v) is 11.2. The van der Waals surface area contributed by atoms with Gasteiger partial charge in [-0.1, -0.05) is 6.07 Å². The molecular weight excluding hydrogens is 228 g/mol. The second kappa shape index (κ2) is 6.26. The molecule has 0 bridgehead atoms. The molecule has 5 nitrogen and oxygen atoms in total. The quantitative estimate of drug-likeness (QED) is 0.603. The monoisotopic (exact) mass is 250 g/mol. The van der Waals surface area contributed by atoms with E-state index < -0.39 is 6.03 Å². The summed E-state index contributed by atoms with van der Waals surface area (Å²) < 4.78 is 0. The lowest BCUT2D eigenvalue weighted by atomic mass is 10.1. The largest absolute Gasteiger partial charge is 0.384 e. The lowest BCUT2D eigenvalue weighted by molar-refractivity contribution is 0.259. The van der Waals surface area contributed by atoms with Crippen LogP contribution in [0.3, 0.4) is 0 Å². The van der Waals surface area contributed by atoms with Gasteiger partial charge in [0.1, 0.15) is 0 Å². The smallest absolute Gasteiger partial charge is 0.316 e. The van der Waals surface area contributed by atoms with Crippen LogP contribution in [0.15, 0.2) is 24.3 Å². The molecular formula is C13H22N4O. The Hall–Kier alpha value is -1.75. The van der Waals surface area contributed by atoms with E-state index >= 15 is 0 Å². The number of hydrogen-bond donors (Lipinski definition) is 4. The Morgan fingerprint density at radius 1 is 1.22 bits per heavy atom. The van der Waals surface area contributed by atoms with E-state index in [2.05, 4.69) is 36.7 Å². The average molecular weight is 250 g/mol. The van der Waals surface area contributed by atoms with Crippen LogP contribution >= 0.6 is 0 Å². The molecule has 0 atom stereocenters. The number of primary amides is 1. The SMILES string of the molecule is CC(C)(C)NCCNc1cccc(NC(N)=O)c1. The van der Waals surface area contributed by atoms with Crippen LogP contribution in [-0.2, 0) is 0 Å². The molecule has 5 N–H and O–H groups in total. The maximum Gasteiger partial charge on any atom is 0.316 e. The van der Waals surface area contributed by atoms with E-state index in [0.29, 0.717) is 5.69 Å². The first kappa shape index (κ1) is 14.3. The van der Waals surface area contributed by atoms with Crippen molar-refractivity contribution < 1.29 is 4.79 Å². The van der Waals surface area contributed by atoms with Crippen molar-refractivity contribution in [2.75, 3.05) is 23.7 Å². The number of rotatable bonds is 5. The number of carbonyl (C=O) groups is 1. The van der Waals surface area contributed by atoms with Crippen LogP contribution in [-0.4, -0.2) is 24.7 Å². The van der Waals surface area contributed by atoms with Crippen LogP contribution in [0.5, 0.6) is 0 Å². The van der Waals surface area contributed by atoms with Gasteiger partial charge in [0.15, 0.2) is 0 Å². The fraction of sp³-hybridized carbons (Fsp3) is 0.462. The van der Waals surface area contributed by atoms with E-state index in [9.17, 15) is 4.79 Å². The molecule has 0 aliphatic heterocycles. The number of nitrogens with two attached hydrogens (primary N) is 1. The predicted molar refractivity (Wildman–Crippen MR) is 75.9 cm³/mol. The molecule has 0 spiro atoms. The minimum absolute atomic E-state index is 0.122. The van der Waals surface area contributed by atoms with Crippen molar-refractivity contribution in [2.24, 2.45) is 5.73 Å². The molecule has 0 aliphatic carbocycles. The number of anilines is 2. The van der Waals surface area contributed by atoms with Crippen LogP contribution in [0.1, 0.15) is 20.8 Å². The first-order chi connectivity index (χ1) is 8.37. The second-order valence-corrected chi connectivity index (χ2v) is 5.17. The van der Waals surface area contributed by atoms with Crippen LogP contribution in [0.4, 0.5) is 16.2 Å². The third kappa shape index (κ3) is 6.10. The van der Waals surface area contributed by atoms with Crippen molar-refractivity contribution in [3.05, 3.63) is 24.3 Å². The molecule has 0 heterocycles. The maximum atomic E-state index is 10.7. The highest BCUT2D eigenvalue weighted by atomic mass is 16.2. The average Bonchev–Trinajstić information content (AvgIpc) is 2.23. The molecule has 0 unspecified atom stereocenters. The molecule has 18 heavy (non-hydrogen) atoms. The lowest BCUT2D eigenvalue weighted by Gasteiger charge is -2.20. The molecule has 5 heteroatoms. The Bertz CT molecular complexity index is 398. The minimum atomic E-state index is -0.554. The van der Waals surface area contributed by atoms with Crippen molar-refractivity contribution in [2.45, 2.75) is 26.3 Å². The Labute approximate surface area is 108 Å². The third-order valence-corrected chi connectivity index (χ3v) is 2.24. The molecule has 0 fully saturated rings. The van der Waals surface area contributed by atoms with Gasteiger partial charge in [-0.15, -0.1) is 0 Å². The van der Waals surface area contributed by atoms with E-state index in [1.54, 1.807) is 6.07 Å². The van der Waals surface area contributed by atoms with E-state index in [0.717, 1.165) is 18.8 Å². The molecule has 0 aliphatic rings. The summed E-state index contributed by atoms with van der Waals surface area (Å²) in [5.74, 6) is 0. The van der Waals surface area contributed by atoms with Crippen LogP contribution in [0.2, 0.25) is 0 Å². The van der Waals surface area contributed by atoms with E-state index in [4.69, 9.17) is 5.73 Å². The van der Waals surface area contributed by atoms with Gasteiger partial charge in [-0.3, -0.25) is 0 Å². The van der Waals surface area contributed by atoms with Gasteiger partial charge in [-0.25, -0.2) is 4.79 Å². The number of urea groups is 1. The Morgan fingerprint density at radius 2 is 1.89 bits per heavy atom. The second-order valence-electron chi connectivity index (χ2n) is 5.17. The fourth-order valence-electron chi connectivity index (χ4n) is 1.49. The van der Waals surface area contributed by atoms with Gasteiger partial charge < -0.3 is 21.7 Å². The Balaban J connectivity index is 2.40. The molecule has 1 aromatic carbocycles. The normalized spacial score (nSPS) is 11.1. The van der Waals surface area contributed by atoms with Crippen molar-refractivity contribution in [1.29, 1.82) is 0 Å². The van der Waals surface area contributed by atoms with Gasteiger partial charge in [0, 0.05) is 30.0 Å². The van der Waals surface area contributed by atoms with E-state index in [1.165, 1.54) is 0 Å². The van der Waals surface area contributed by atoms with Gasteiger partial charge >= 0.3 is 6.03 Å². The number of carbonyl (C=O) groups excluding carboxylic acids is 1. The van der Waals surface area contributed by atoms with Crippen molar-refractivity contribution >= 4 is 17.4 Å². The standard InChI is InChI=1S/C13H22N4O/c1-13(2,3)16-8-7-15-10-5-4-6-11(9-10)17-12(14)18/h4-6,9,15-16H,7-8H2,1-3H3,(H3,14,17,18). The van der Waals surface area contributed by atoms with Crippen molar-refractivity contribution in [1.82, 2.24) is 5.32 Å². The van der Waals surface area contributed by atoms with Gasteiger partial charge in [0.05, 0.1) is 0 Å². The summed E-state index contributed by atoms with van der Waals surface area (Å²) in [7, 11) is 0. The summed E-state index contributed by atoms with van der Waals surface area (Å²) in [6, 6.07) is 6.90. The van der Waals surface area contributed by atoms with Gasteiger partial charge in [0.2, 0.25) is 0 Å². The number of hydrogen-bond acceptors (Lipinski definition) is 3. The highest BCUT2D eigenvalue weighted by molar-refractivity contribution is 5.88. The highest BCUT2D eigenvalue weighted by Gasteiger charge is 2.06. The third-order valence-electron chi connectivity index (χ3n) is 2.24. The van der Waals surface area contributed by atoms with E-state index in [1.807, 2.05) is 18.2 Å². The topological polar surface area (TPSA) is 79.2 Å².